The van der Waals surface area contributed by atoms with E-state index in [0.29, 0.717) is 5.92 Å². The topological polar surface area (TPSA) is 49.8 Å². The van der Waals surface area contributed by atoms with E-state index in [1.54, 1.807) is 0 Å². The van der Waals surface area contributed by atoms with Gasteiger partial charge in [0.05, 0.1) is 0 Å². The van der Waals surface area contributed by atoms with Crippen molar-refractivity contribution in [2.75, 3.05) is 24.2 Å². The van der Waals surface area contributed by atoms with Gasteiger partial charge in [0.25, 0.3) is 0 Å². The first-order valence-corrected chi connectivity index (χ1v) is 6.28. The molecule has 1 aliphatic carbocycles. The molecule has 0 spiro atoms. The first-order valence-electron chi connectivity index (χ1n) is 6.28. The molecule has 4 heteroatoms. The number of rotatable bonds is 4. The summed E-state index contributed by atoms with van der Waals surface area (Å²) in [5.74, 6) is 3.39. The molecule has 0 radical (unpaired) electrons. The molecule has 2 N–H and O–H groups in total. The van der Waals surface area contributed by atoms with Crippen molar-refractivity contribution in [3.8, 4) is 0 Å². The zero-order chi connectivity index (χ0) is 12.5. The Kier molecular flexibility index (Phi) is 3.22. The molecule has 0 aliphatic heterocycles. The number of anilines is 2. The van der Waals surface area contributed by atoms with E-state index < -0.39 is 0 Å². The normalized spacial score (nSPS) is 15.8. The van der Waals surface area contributed by atoms with Crippen molar-refractivity contribution in [2.45, 2.75) is 39.5 Å². The number of aromatic nitrogens is 2. The Morgan fingerprint density at radius 1 is 1.24 bits per heavy atom. The summed E-state index contributed by atoms with van der Waals surface area (Å²) >= 11 is 0. The molecular weight excluding hydrogens is 212 g/mol. The van der Waals surface area contributed by atoms with Crippen LogP contribution in [0.25, 0.3) is 0 Å². The van der Waals surface area contributed by atoms with Crippen LogP contribution in [0.4, 0.5) is 11.6 Å². The molecule has 1 heterocycles. The summed E-state index contributed by atoms with van der Waals surface area (Å²) in [5, 5.41) is 6.49. The molecule has 94 valence electrons. The lowest BCUT2D eigenvalue weighted by Gasteiger charge is -2.19. The molecule has 1 aromatic heterocycles. The first-order chi connectivity index (χ1) is 7.98. The van der Waals surface area contributed by atoms with Gasteiger partial charge >= 0.3 is 0 Å². The summed E-state index contributed by atoms with van der Waals surface area (Å²) in [5.41, 5.74) is 0.254. The fourth-order valence-corrected chi connectivity index (χ4v) is 1.56. The second kappa shape index (κ2) is 4.51. The van der Waals surface area contributed by atoms with Gasteiger partial charge in [-0.1, -0.05) is 20.8 Å². The minimum Gasteiger partial charge on any atom is -0.373 e. The van der Waals surface area contributed by atoms with Gasteiger partial charge in [0.15, 0.2) is 0 Å². The van der Waals surface area contributed by atoms with E-state index in [2.05, 4.69) is 41.4 Å². The minimum atomic E-state index is 0.254. The number of hydrogen-bond acceptors (Lipinski definition) is 4. The quantitative estimate of drug-likeness (QED) is 0.841. The van der Waals surface area contributed by atoms with Crippen molar-refractivity contribution >= 4 is 11.6 Å². The van der Waals surface area contributed by atoms with Gasteiger partial charge in [0.1, 0.15) is 17.5 Å². The molecule has 0 saturated heterocycles. The predicted molar refractivity (Wildman–Crippen MR) is 71.5 cm³/mol. The van der Waals surface area contributed by atoms with Crippen LogP contribution in [0.1, 0.15) is 45.4 Å². The van der Waals surface area contributed by atoms with Gasteiger partial charge < -0.3 is 10.6 Å². The molecule has 4 nitrogen and oxygen atoms in total. The first kappa shape index (κ1) is 12.1. The molecule has 0 atom stereocenters. The van der Waals surface area contributed by atoms with Crippen LogP contribution in [-0.4, -0.2) is 23.6 Å². The van der Waals surface area contributed by atoms with Crippen LogP contribution < -0.4 is 10.6 Å². The van der Waals surface area contributed by atoms with Crippen molar-refractivity contribution < 1.29 is 0 Å². The van der Waals surface area contributed by atoms with Crippen molar-refractivity contribution in [1.82, 2.24) is 9.97 Å². The van der Waals surface area contributed by atoms with Crippen LogP contribution in [0.5, 0.6) is 0 Å². The Hall–Kier alpha value is -1.32. The van der Waals surface area contributed by atoms with Crippen molar-refractivity contribution in [3.05, 3.63) is 11.9 Å². The second-order valence-electron chi connectivity index (χ2n) is 5.94. The van der Waals surface area contributed by atoms with Gasteiger partial charge in [0, 0.05) is 25.6 Å². The molecule has 0 aromatic carbocycles. The third-order valence-corrected chi connectivity index (χ3v) is 2.74. The van der Waals surface area contributed by atoms with E-state index in [0.717, 1.165) is 24.0 Å². The monoisotopic (exact) mass is 234 g/mol. The van der Waals surface area contributed by atoms with E-state index in [9.17, 15) is 0 Å². The highest BCUT2D eigenvalue weighted by Gasteiger charge is 2.27. The van der Waals surface area contributed by atoms with Gasteiger partial charge in [-0.05, 0) is 18.3 Å². The number of nitrogens with zero attached hydrogens (tertiary/aromatic N) is 2. The fraction of sp³-hybridized carbons (Fsp3) is 0.692. The van der Waals surface area contributed by atoms with E-state index in [-0.39, 0.29) is 5.41 Å². The molecular formula is C13H22N4. The zero-order valence-corrected chi connectivity index (χ0v) is 11.2. The van der Waals surface area contributed by atoms with Crippen LogP contribution >= 0.6 is 0 Å². The van der Waals surface area contributed by atoms with Gasteiger partial charge in [-0.15, -0.1) is 0 Å². The average Bonchev–Trinajstić information content (AvgIpc) is 3.08. The van der Waals surface area contributed by atoms with E-state index in [4.69, 9.17) is 0 Å². The van der Waals surface area contributed by atoms with Crippen molar-refractivity contribution in [3.63, 3.8) is 0 Å². The zero-order valence-electron chi connectivity index (χ0n) is 11.2. The molecule has 2 rings (SSSR count). The largest absolute Gasteiger partial charge is 0.373 e. The van der Waals surface area contributed by atoms with E-state index in [1.165, 1.54) is 12.8 Å². The lowest BCUT2D eigenvalue weighted by Crippen LogP contribution is -2.20. The summed E-state index contributed by atoms with van der Waals surface area (Å²) in [6.07, 6.45) is 2.46. The third-order valence-electron chi connectivity index (χ3n) is 2.74. The van der Waals surface area contributed by atoms with Crippen LogP contribution in [0.15, 0.2) is 6.07 Å². The van der Waals surface area contributed by atoms with Crippen molar-refractivity contribution in [1.29, 1.82) is 0 Å². The molecule has 17 heavy (non-hydrogen) atoms. The Morgan fingerprint density at radius 3 is 2.41 bits per heavy atom. The highest BCUT2D eigenvalue weighted by Crippen LogP contribution is 2.38. The fourth-order valence-electron chi connectivity index (χ4n) is 1.56. The van der Waals surface area contributed by atoms with Gasteiger partial charge in [-0.3, -0.25) is 0 Å². The molecule has 0 amide bonds. The Bertz CT molecular complexity index is 391. The predicted octanol–water partition coefficient (Wildman–Crippen LogP) is 2.85. The summed E-state index contributed by atoms with van der Waals surface area (Å²) in [6, 6.07) is 1.97. The summed E-state index contributed by atoms with van der Waals surface area (Å²) < 4.78 is 0. The SMILES string of the molecule is CNc1cc(NCC(C)(C)C)nc(C2CC2)n1. The van der Waals surface area contributed by atoms with Gasteiger partial charge in [0.2, 0.25) is 0 Å². The van der Waals surface area contributed by atoms with Gasteiger partial charge in [-0.2, -0.15) is 0 Å². The minimum absolute atomic E-state index is 0.254. The van der Waals surface area contributed by atoms with Crippen LogP contribution in [0.2, 0.25) is 0 Å². The van der Waals surface area contributed by atoms with Crippen LogP contribution in [-0.2, 0) is 0 Å². The third kappa shape index (κ3) is 3.58. The smallest absolute Gasteiger partial charge is 0.136 e. The molecule has 1 fully saturated rings. The highest BCUT2D eigenvalue weighted by molar-refractivity contribution is 5.47. The summed E-state index contributed by atoms with van der Waals surface area (Å²) in [7, 11) is 1.90. The van der Waals surface area contributed by atoms with Crippen LogP contribution in [0.3, 0.4) is 0 Å². The standard InChI is InChI=1S/C13H22N4/c1-13(2,3)8-15-11-7-10(14-4)16-12(17-11)9-5-6-9/h7,9H,5-6,8H2,1-4H3,(H2,14,15,16,17). The number of nitrogens with one attached hydrogen (secondary N) is 2. The second-order valence-corrected chi connectivity index (χ2v) is 5.94. The molecule has 1 aliphatic rings. The highest BCUT2D eigenvalue weighted by atomic mass is 15.1. The molecule has 1 aromatic rings. The number of hydrogen-bond donors (Lipinski definition) is 2. The maximum atomic E-state index is 4.58. The summed E-state index contributed by atoms with van der Waals surface area (Å²) in [6.45, 7) is 7.54. The molecule has 0 bridgehead atoms. The maximum Gasteiger partial charge on any atom is 0.136 e. The Balaban J connectivity index is 2.12. The van der Waals surface area contributed by atoms with E-state index >= 15 is 0 Å². The molecule has 0 unspecified atom stereocenters. The van der Waals surface area contributed by atoms with Crippen LogP contribution in [0, 0.1) is 5.41 Å². The Morgan fingerprint density at radius 2 is 1.88 bits per heavy atom. The lowest BCUT2D eigenvalue weighted by molar-refractivity contribution is 0.442. The van der Waals surface area contributed by atoms with E-state index in [1.807, 2.05) is 13.1 Å². The van der Waals surface area contributed by atoms with Crippen molar-refractivity contribution in [2.24, 2.45) is 5.41 Å². The molecule has 1 saturated carbocycles. The average molecular weight is 234 g/mol. The lowest BCUT2D eigenvalue weighted by atomic mass is 9.97. The maximum absolute atomic E-state index is 4.58. The Labute approximate surface area is 103 Å². The summed E-state index contributed by atoms with van der Waals surface area (Å²) in [4.78, 5) is 9.08. The van der Waals surface area contributed by atoms with Gasteiger partial charge in [-0.25, -0.2) is 9.97 Å².